The summed E-state index contributed by atoms with van der Waals surface area (Å²) in [6, 6.07) is 8.28. The van der Waals surface area contributed by atoms with Crippen LogP contribution in [0.4, 0.5) is 14.3 Å². The first-order valence-electron chi connectivity index (χ1n) is 9.47. The molecule has 2 heterocycles. The molecule has 1 aromatic heterocycles. The van der Waals surface area contributed by atoms with E-state index in [0.29, 0.717) is 24.6 Å². The smallest absolute Gasteiger partial charge is 0.410 e. The largest absolute Gasteiger partial charge is 0.444 e. The van der Waals surface area contributed by atoms with E-state index in [-0.39, 0.29) is 17.6 Å². The number of carbonyl (C=O) groups is 2. The third-order valence-electron chi connectivity index (χ3n) is 4.77. The lowest BCUT2D eigenvalue weighted by Crippen LogP contribution is -2.36. The van der Waals surface area contributed by atoms with Gasteiger partial charge in [-0.25, -0.2) is 14.2 Å². The second kappa shape index (κ2) is 7.26. The maximum Gasteiger partial charge on any atom is 0.410 e. The molecule has 3 aromatic rings. The zero-order valence-corrected chi connectivity index (χ0v) is 17.3. The van der Waals surface area contributed by atoms with Crippen LogP contribution in [0, 0.1) is 11.7 Å². The van der Waals surface area contributed by atoms with Crippen molar-refractivity contribution in [3.05, 3.63) is 36.1 Å². The fourth-order valence-corrected chi connectivity index (χ4v) is 4.42. The highest BCUT2D eigenvalue weighted by Gasteiger charge is 2.33. The van der Waals surface area contributed by atoms with Crippen LogP contribution in [0.1, 0.15) is 27.2 Å². The van der Waals surface area contributed by atoms with Crippen molar-refractivity contribution in [2.45, 2.75) is 32.8 Å². The molecule has 0 aliphatic carbocycles. The summed E-state index contributed by atoms with van der Waals surface area (Å²) in [5, 5.41) is 5.07. The molecule has 4 rings (SSSR count). The Morgan fingerprint density at radius 1 is 1.28 bits per heavy atom. The number of aromatic nitrogens is 1. The summed E-state index contributed by atoms with van der Waals surface area (Å²) in [7, 11) is 0. The first-order chi connectivity index (χ1) is 13.7. The molecule has 29 heavy (non-hydrogen) atoms. The second-order valence-electron chi connectivity index (χ2n) is 8.20. The van der Waals surface area contributed by atoms with Gasteiger partial charge in [0.25, 0.3) is 0 Å². The predicted molar refractivity (Wildman–Crippen MR) is 112 cm³/mol. The number of hydrogen-bond acceptors (Lipinski definition) is 5. The number of nitrogens with zero attached hydrogens (tertiary/aromatic N) is 2. The van der Waals surface area contributed by atoms with E-state index in [1.54, 1.807) is 11.0 Å². The van der Waals surface area contributed by atoms with Gasteiger partial charge in [-0.15, -0.1) is 0 Å². The summed E-state index contributed by atoms with van der Waals surface area (Å²) in [5.41, 5.74) is 0.190. The summed E-state index contributed by atoms with van der Waals surface area (Å²) < 4.78 is 19.7. The number of likely N-dealkylation sites (tertiary alicyclic amines) is 1. The summed E-state index contributed by atoms with van der Waals surface area (Å²) in [6.07, 6.45) is 0.185. The van der Waals surface area contributed by atoms with E-state index >= 15 is 0 Å². The lowest BCUT2D eigenvalue weighted by Gasteiger charge is -2.24. The molecule has 2 aromatic carbocycles. The molecule has 1 aliphatic rings. The van der Waals surface area contributed by atoms with E-state index in [2.05, 4.69) is 10.3 Å². The van der Waals surface area contributed by atoms with Crippen LogP contribution in [0.25, 0.3) is 21.0 Å². The maximum absolute atomic E-state index is 13.5. The Labute approximate surface area is 171 Å². The predicted octanol–water partition coefficient (Wildman–Crippen LogP) is 4.78. The summed E-state index contributed by atoms with van der Waals surface area (Å²) >= 11 is 1.36. The Hall–Kier alpha value is -2.74. The van der Waals surface area contributed by atoms with Crippen LogP contribution in [0.5, 0.6) is 0 Å². The van der Waals surface area contributed by atoms with Gasteiger partial charge in [-0.05, 0) is 56.8 Å². The highest BCUT2D eigenvalue weighted by Crippen LogP contribution is 2.33. The molecule has 0 unspecified atom stereocenters. The average molecular weight is 415 g/mol. The van der Waals surface area contributed by atoms with E-state index < -0.39 is 11.7 Å². The van der Waals surface area contributed by atoms with E-state index in [4.69, 9.17) is 4.74 Å². The molecule has 0 saturated carbocycles. The standard InChI is InChI=1S/C21H22FN3O3S/c1-21(2,3)28-20(27)25-9-8-13(11-25)18(26)24-19-23-16-7-4-12-10-14(22)5-6-15(12)17(16)29-19/h4-7,10,13H,8-9,11H2,1-3H3,(H,23,24,26)/t13-/m1/s1. The van der Waals surface area contributed by atoms with Crippen LogP contribution in [0.3, 0.4) is 0 Å². The minimum atomic E-state index is -0.565. The molecule has 1 aliphatic heterocycles. The van der Waals surface area contributed by atoms with Crippen LogP contribution in [-0.4, -0.2) is 40.6 Å². The zero-order valence-electron chi connectivity index (χ0n) is 16.5. The van der Waals surface area contributed by atoms with Crippen molar-refractivity contribution in [1.82, 2.24) is 9.88 Å². The van der Waals surface area contributed by atoms with Gasteiger partial charge in [-0.1, -0.05) is 17.4 Å². The molecular weight excluding hydrogens is 393 g/mol. The molecule has 152 valence electrons. The fraction of sp³-hybridized carbons (Fsp3) is 0.381. The van der Waals surface area contributed by atoms with E-state index in [0.717, 1.165) is 21.0 Å². The minimum absolute atomic E-state index is 0.162. The van der Waals surface area contributed by atoms with Crippen LogP contribution in [0.2, 0.25) is 0 Å². The molecule has 0 radical (unpaired) electrons. The number of carbonyl (C=O) groups excluding carboxylic acids is 2. The number of fused-ring (bicyclic) bond motifs is 3. The highest BCUT2D eigenvalue weighted by atomic mass is 32.1. The molecule has 2 amide bonds. The van der Waals surface area contributed by atoms with Crippen LogP contribution >= 0.6 is 11.3 Å². The molecule has 0 bridgehead atoms. The molecule has 6 nitrogen and oxygen atoms in total. The molecule has 1 fully saturated rings. The molecular formula is C21H22FN3O3S. The molecule has 0 spiro atoms. The van der Waals surface area contributed by atoms with Crippen molar-refractivity contribution in [1.29, 1.82) is 0 Å². The Balaban J connectivity index is 1.47. The summed E-state index contributed by atoms with van der Waals surface area (Å²) in [5.74, 6) is -0.753. The third kappa shape index (κ3) is 4.17. The Morgan fingerprint density at radius 2 is 2.07 bits per heavy atom. The molecule has 1 saturated heterocycles. The lowest BCUT2D eigenvalue weighted by atomic mass is 10.1. The van der Waals surface area contributed by atoms with Crippen molar-refractivity contribution < 1.29 is 18.7 Å². The number of thiazole rings is 1. The molecule has 1 N–H and O–H groups in total. The number of amides is 2. The number of rotatable bonds is 2. The topological polar surface area (TPSA) is 71.5 Å². The maximum atomic E-state index is 13.5. The van der Waals surface area contributed by atoms with Gasteiger partial charge in [0.15, 0.2) is 5.13 Å². The lowest BCUT2D eigenvalue weighted by molar-refractivity contribution is -0.119. The van der Waals surface area contributed by atoms with Crippen LogP contribution in [0.15, 0.2) is 30.3 Å². The van der Waals surface area contributed by atoms with Gasteiger partial charge in [-0.3, -0.25) is 4.79 Å². The fourth-order valence-electron chi connectivity index (χ4n) is 3.41. The number of nitrogens with one attached hydrogen (secondary N) is 1. The van der Waals surface area contributed by atoms with Gasteiger partial charge in [0.2, 0.25) is 5.91 Å². The van der Waals surface area contributed by atoms with Crippen molar-refractivity contribution in [3.8, 4) is 0 Å². The third-order valence-corrected chi connectivity index (χ3v) is 5.79. The van der Waals surface area contributed by atoms with Gasteiger partial charge >= 0.3 is 6.09 Å². The van der Waals surface area contributed by atoms with Gasteiger partial charge in [-0.2, -0.15) is 0 Å². The number of benzene rings is 2. The van der Waals surface area contributed by atoms with Crippen molar-refractivity contribution in [2.75, 3.05) is 18.4 Å². The summed E-state index contributed by atoms with van der Waals surface area (Å²) in [4.78, 5) is 30.9. The first-order valence-corrected chi connectivity index (χ1v) is 10.3. The van der Waals surface area contributed by atoms with Crippen LogP contribution < -0.4 is 5.32 Å². The quantitative estimate of drug-likeness (QED) is 0.654. The number of ether oxygens (including phenoxy) is 1. The van der Waals surface area contributed by atoms with Crippen LogP contribution in [-0.2, 0) is 9.53 Å². The van der Waals surface area contributed by atoms with Crippen molar-refractivity contribution >= 4 is 49.5 Å². The van der Waals surface area contributed by atoms with Gasteiger partial charge in [0.05, 0.1) is 16.1 Å². The number of hydrogen-bond donors (Lipinski definition) is 1. The van der Waals surface area contributed by atoms with Gasteiger partial charge in [0.1, 0.15) is 11.4 Å². The zero-order chi connectivity index (χ0) is 20.8. The SMILES string of the molecule is CC(C)(C)OC(=O)N1CC[C@@H](C(=O)Nc2nc3ccc4cc(F)ccc4c3s2)C1. The van der Waals surface area contributed by atoms with Crippen molar-refractivity contribution in [2.24, 2.45) is 5.92 Å². The van der Waals surface area contributed by atoms with Crippen molar-refractivity contribution in [3.63, 3.8) is 0 Å². The molecule has 1 atom stereocenters. The summed E-state index contributed by atoms with van der Waals surface area (Å²) in [6.45, 7) is 6.26. The normalized spacial score (nSPS) is 17.1. The number of anilines is 1. The highest BCUT2D eigenvalue weighted by molar-refractivity contribution is 7.23. The second-order valence-corrected chi connectivity index (χ2v) is 9.20. The van der Waals surface area contributed by atoms with Gasteiger partial charge < -0.3 is 15.0 Å². The Bertz CT molecular complexity index is 1110. The van der Waals surface area contributed by atoms with Gasteiger partial charge in [0, 0.05) is 18.5 Å². The number of halogens is 1. The average Bonchev–Trinajstić information content (AvgIpc) is 3.26. The minimum Gasteiger partial charge on any atom is -0.444 e. The first kappa shape index (κ1) is 19.6. The Kier molecular flexibility index (Phi) is 4.90. The van der Waals surface area contributed by atoms with E-state index in [1.807, 2.05) is 32.9 Å². The Morgan fingerprint density at radius 3 is 2.83 bits per heavy atom. The van der Waals surface area contributed by atoms with E-state index in [1.165, 1.54) is 23.5 Å². The molecule has 8 heteroatoms. The van der Waals surface area contributed by atoms with E-state index in [9.17, 15) is 14.0 Å². The monoisotopic (exact) mass is 415 g/mol.